The van der Waals surface area contributed by atoms with Gasteiger partial charge >= 0.3 is 0 Å². The first kappa shape index (κ1) is 17.6. The lowest BCUT2D eigenvalue weighted by Gasteiger charge is -2.11. The number of primary amides is 1. The van der Waals surface area contributed by atoms with Crippen molar-refractivity contribution in [1.82, 2.24) is 15.1 Å². The van der Waals surface area contributed by atoms with Crippen LogP contribution in [0.15, 0.2) is 6.20 Å². The van der Waals surface area contributed by atoms with Crippen LogP contribution < -0.4 is 16.4 Å². The van der Waals surface area contributed by atoms with E-state index >= 15 is 0 Å². The van der Waals surface area contributed by atoms with Gasteiger partial charge in [-0.15, -0.1) is 11.3 Å². The number of aryl methyl sites for hydroxylation is 2. The molecule has 2 aromatic rings. The number of carbonyl (C=O) groups is 2. The van der Waals surface area contributed by atoms with Crippen molar-refractivity contribution in [3.8, 4) is 0 Å². The van der Waals surface area contributed by atoms with Gasteiger partial charge in [0.25, 0.3) is 5.91 Å². The van der Waals surface area contributed by atoms with Gasteiger partial charge in [-0.25, -0.2) is 0 Å². The smallest absolute Gasteiger partial charge is 0.251 e. The second-order valence-corrected chi connectivity index (χ2v) is 7.40. The SMILES string of the molecule is CNCc1cn(CC(=O)Nc2sc3c(c2C(N)=O)CCCC3)nc1C. The molecule has 0 saturated heterocycles. The van der Waals surface area contributed by atoms with E-state index in [-0.39, 0.29) is 12.5 Å². The predicted octanol–water partition coefficient (Wildman–Crippen LogP) is 1.59. The van der Waals surface area contributed by atoms with E-state index in [0.29, 0.717) is 17.1 Å². The van der Waals surface area contributed by atoms with E-state index in [0.717, 1.165) is 42.5 Å². The fraction of sp³-hybridized carbons (Fsp3) is 0.471. The van der Waals surface area contributed by atoms with E-state index in [2.05, 4.69) is 15.7 Å². The first-order chi connectivity index (χ1) is 12.0. The number of hydrogen-bond donors (Lipinski definition) is 3. The number of amides is 2. The molecule has 0 aliphatic heterocycles. The maximum absolute atomic E-state index is 12.4. The molecule has 25 heavy (non-hydrogen) atoms. The first-order valence-electron chi connectivity index (χ1n) is 8.41. The number of aromatic nitrogens is 2. The molecule has 1 aliphatic rings. The summed E-state index contributed by atoms with van der Waals surface area (Å²) < 4.78 is 1.62. The lowest BCUT2D eigenvalue weighted by Crippen LogP contribution is -2.21. The molecule has 2 amide bonds. The fourth-order valence-electron chi connectivity index (χ4n) is 3.23. The summed E-state index contributed by atoms with van der Waals surface area (Å²) >= 11 is 1.47. The molecule has 0 spiro atoms. The van der Waals surface area contributed by atoms with Crippen molar-refractivity contribution in [3.63, 3.8) is 0 Å². The van der Waals surface area contributed by atoms with E-state index in [4.69, 9.17) is 5.73 Å². The third-order valence-electron chi connectivity index (χ3n) is 4.39. The van der Waals surface area contributed by atoms with Gasteiger partial charge in [-0.3, -0.25) is 14.3 Å². The molecule has 0 radical (unpaired) electrons. The van der Waals surface area contributed by atoms with Crippen LogP contribution in [0.1, 0.15) is 44.9 Å². The Labute approximate surface area is 150 Å². The minimum atomic E-state index is -0.471. The van der Waals surface area contributed by atoms with Crippen molar-refractivity contribution in [2.45, 2.75) is 45.7 Å². The second-order valence-electron chi connectivity index (χ2n) is 6.30. The van der Waals surface area contributed by atoms with Gasteiger partial charge in [0, 0.05) is 23.2 Å². The Morgan fingerprint density at radius 1 is 1.36 bits per heavy atom. The normalized spacial score (nSPS) is 13.5. The zero-order valence-electron chi connectivity index (χ0n) is 14.5. The molecule has 0 saturated carbocycles. The Morgan fingerprint density at radius 3 is 2.84 bits per heavy atom. The molecular weight excluding hydrogens is 338 g/mol. The van der Waals surface area contributed by atoms with E-state index in [9.17, 15) is 9.59 Å². The van der Waals surface area contributed by atoms with E-state index in [1.54, 1.807) is 4.68 Å². The van der Waals surface area contributed by atoms with Gasteiger partial charge in [0.15, 0.2) is 0 Å². The lowest BCUT2D eigenvalue weighted by atomic mass is 9.95. The van der Waals surface area contributed by atoms with Crippen LogP contribution in [-0.4, -0.2) is 28.6 Å². The van der Waals surface area contributed by atoms with Crippen molar-refractivity contribution in [1.29, 1.82) is 0 Å². The summed E-state index contributed by atoms with van der Waals surface area (Å²) in [5.41, 5.74) is 9.02. The molecule has 3 rings (SSSR count). The summed E-state index contributed by atoms with van der Waals surface area (Å²) in [6.07, 6.45) is 5.82. The third kappa shape index (κ3) is 3.74. The number of nitrogens with one attached hydrogen (secondary N) is 2. The van der Waals surface area contributed by atoms with Crippen LogP contribution in [-0.2, 0) is 30.7 Å². The van der Waals surface area contributed by atoms with Crippen molar-refractivity contribution in [3.05, 3.63) is 33.5 Å². The van der Waals surface area contributed by atoms with E-state index in [1.165, 1.54) is 16.2 Å². The quantitative estimate of drug-likeness (QED) is 0.727. The second kappa shape index (κ2) is 7.37. The highest BCUT2D eigenvalue weighted by molar-refractivity contribution is 7.17. The van der Waals surface area contributed by atoms with Gasteiger partial charge in [-0.1, -0.05) is 0 Å². The number of anilines is 1. The number of nitrogens with zero attached hydrogens (tertiary/aromatic N) is 2. The molecule has 134 valence electrons. The molecular formula is C17H23N5O2S. The van der Waals surface area contributed by atoms with Crippen LogP contribution in [0.2, 0.25) is 0 Å². The lowest BCUT2D eigenvalue weighted by molar-refractivity contribution is -0.116. The molecule has 7 nitrogen and oxygen atoms in total. The van der Waals surface area contributed by atoms with Gasteiger partial charge in [0.2, 0.25) is 5.91 Å². The molecule has 0 unspecified atom stereocenters. The average Bonchev–Trinajstić information content (AvgIpc) is 3.07. The van der Waals surface area contributed by atoms with Gasteiger partial charge in [-0.2, -0.15) is 5.10 Å². The molecule has 0 fully saturated rings. The van der Waals surface area contributed by atoms with Crippen LogP contribution in [0.25, 0.3) is 0 Å². The van der Waals surface area contributed by atoms with Crippen LogP contribution in [0.4, 0.5) is 5.00 Å². The highest BCUT2D eigenvalue weighted by Crippen LogP contribution is 2.37. The molecule has 0 atom stereocenters. The summed E-state index contributed by atoms with van der Waals surface area (Å²) in [5, 5.41) is 10.9. The van der Waals surface area contributed by atoms with Gasteiger partial charge in [0.1, 0.15) is 11.5 Å². The first-order valence-corrected chi connectivity index (χ1v) is 9.23. The van der Waals surface area contributed by atoms with E-state index < -0.39 is 5.91 Å². The summed E-state index contributed by atoms with van der Waals surface area (Å²) in [4.78, 5) is 25.5. The fourth-order valence-corrected chi connectivity index (χ4v) is 4.54. The maximum atomic E-state index is 12.4. The van der Waals surface area contributed by atoms with E-state index in [1.807, 2.05) is 20.2 Å². The molecule has 4 N–H and O–H groups in total. The number of fused-ring (bicyclic) bond motifs is 1. The average molecular weight is 361 g/mol. The summed E-state index contributed by atoms with van der Waals surface area (Å²) in [7, 11) is 1.87. The summed E-state index contributed by atoms with van der Waals surface area (Å²) in [6, 6.07) is 0. The Bertz CT molecular complexity index is 808. The van der Waals surface area contributed by atoms with Gasteiger partial charge in [0.05, 0.1) is 11.3 Å². The number of nitrogens with two attached hydrogens (primary N) is 1. The number of thiophene rings is 1. The van der Waals surface area contributed by atoms with Crippen LogP contribution in [0.3, 0.4) is 0 Å². The molecule has 2 heterocycles. The molecule has 2 aromatic heterocycles. The number of carbonyl (C=O) groups excluding carboxylic acids is 2. The standard InChI is InChI=1S/C17H23N5O2S/c1-10-11(7-19-2)8-22(21-10)9-14(23)20-17-15(16(18)24)12-5-3-4-6-13(12)25-17/h8,19H,3-7,9H2,1-2H3,(H2,18,24)(H,20,23). The largest absolute Gasteiger partial charge is 0.365 e. The maximum Gasteiger partial charge on any atom is 0.251 e. The minimum Gasteiger partial charge on any atom is -0.365 e. The number of hydrogen-bond acceptors (Lipinski definition) is 5. The van der Waals surface area contributed by atoms with Gasteiger partial charge < -0.3 is 16.4 Å². The summed E-state index contributed by atoms with van der Waals surface area (Å²) in [5.74, 6) is -0.680. The van der Waals surface area contributed by atoms with Crippen LogP contribution in [0.5, 0.6) is 0 Å². The highest BCUT2D eigenvalue weighted by Gasteiger charge is 2.25. The Kier molecular flexibility index (Phi) is 5.19. The molecule has 8 heteroatoms. The Hall–Kier alpha value is -2.19. The monoisotopic (exact) mass is 361 g/mol. The van der Waals surface area contributed by atoms with Crippen LogP contribution in [0, 0.1) is 6.92 Å². The van der Waals surface area contributed by atoms with Crippen molar-refractivity contribution >= 4 is 28.2 Å². The topological polar surface area (TPSA) is 102 Å². The predicted molar refractivity (Wildman–Crippen MR) is 97.8 cm³/mol. The third-order valence-corrected chi connectivity index (χ3v) is 5.60. The van der Waals surface area contributed by atoms with Crippen molar-refractivity contribution in [2.24, 2.45) is 5.73 Å². The molecule has 1 aliphatic carbocycles. The summed E-state index contributed by atoms with van der Waals surface area (Å²) in [6.45, 7) is 2.72. The van der Waals surface area contributed by atoms with Crippen molar-refractivity contribution in [2.75, 3.05) is 12.4 Å². The molecule has 0 aromatic carbocycles. The zero-order chi connectivity index (χ0) is 18.0. The van der Waals surface area contributed by atoms with Crippen LogP contribution >= 0.6 is 11.3 Å². The minimum absolute atomic E-state index is 0.103. The van der Waals surface area contributed by atoms with Crippen molar-refractivity contribution < 1.29 is 9.59 Å². The number of rotatable bonds is 6. The Morgan fingerprint density at radius 2 is 2.12 bits per heavy atom. The molecule has 0 bridgehead atoms. The van der Waals surface area contributed by atoms with Gasteiger partial charge in [-0.05, 0) is 45.2 Å². The highest BCUT2D eigenvalue weighted by atomic mass is 32.1. The zero-order valence-corrected chi connectivity index (χ0v) is 15.3. The Balaban J connectivity index is 1.76.